The second kappa shape index (κ2) is 10.00. The molecule has 5 rings (SSSR count). The van der Waals surface area contributed by atoms with Crippen molar-refractivity contribution in [3.05, 3.63) is 78.0 Å². The van der Waals surface area contributed by atoms with Crippen molar-refractivity contribution in [3.63, 3.8) is 0 Å². The maximum Gasteiger partial charge on any atom is 0.257 e. The van der Waals surface area contributed by atoms with Crippen molar-refractivity contribution < 1.29 is 19.4 Å². The van der Waals surface area contributed by atoms with Crippen LogP contribution in [0.15, 0.2) is 61.3 Å². The van der Waals surface area contributed by atoms with E-state index in [9.17, 15) is 14.7 Å². The molecule has 4 aromatic rings. The van der Waals surface area contributed by atoms with Crippen LogP contribution in [0.4, 0.5) is 11.5 Å². The number of hydrogen-bond acceptors (Lipinski definition) is 8. The molecule has 3 aromatic heterocycles. The average Bonchev–Trinajstić information content (AvgIpc) is 3.35. The number of pyridine rings is 1. The molecule has 0 unspecified atom stereocenters. The number of aromatic nitrogens is 4. The Hall–Kier alpha value is -4.15. The van der Waals surface area contributed by atoms with Crippen molar-refractivity contribution >= 4 is 34.2 Å². The highest BCUT2D eigenvalue weighted by atomic mass is 16.5. The summed E-state index contributed by atoms with van der Waals surface area (Å²) in [5.41, 5.74) is 2.48. The maximum absolute atomic E-state index is 13.4. The largest absolute Gasteiger partial charge is 0.394 e. The van der Waals surface area contributed by atoms with Gasteiger partial charge in [-0.25, -0.2) is 9.97 Å². The van der Waals surface area contributed by atoms with E-state index >= 15 is 0 Å². The Morgan fingerprint density at radius 3 is 2.69 bits per heavy atom. The monoisotopic (exact) mass is 472 g/mol. The van der Waals surface area contributed by atoms with E-state index in [-0.39, 0.29) is 30.4 Å². The van der Waals surface area contributed by atoms with Gasteiger partial charge < -0.3 is 25.5 Å². The quantitative estimate of drug-likeness (QED) is 0.301. The van der Waals surface area contributed by atoms with Gasteiger partial charge in [0.2, 0.25) is 0 Å². The number of H-pyrrole nitrogens is 1. The molecule has 4 N–H and O–H groups in total. The number of nitrogens with one attached hydrogen (secondary N) is 3. The van der Waals surface area contributed by atoms with Crippen molar-refractivity contribution in [1.82, 2.24) is 19.9 Å². The summed E-state index contributed by atoms with van der Waals surface area (Å²) in [5.74, 6) is 0.0779. The zero-order valence-electron chi connectivity index (χ0n) is 18.8. The highest BCUT2D eigenvalue weighted by molar-refractivity contribution is 6.18. The van der Waals surface area contributed by atoms with Crippen molar-refractivity contribution in [2.45, 2.75) is 25.0 Å². The fraction of sp³-hybridized carbons (Fsp3) is 0.240. The number of carbonyl (C=O) groups excluding carboxylic acids is 2. The molecule has 0 bridgehead atoms. The SMILES string of the molecule is O=C(Nc1ccc(C(=O)c2c[nH]c3ncnc(N[C@H]4CC[C@H](CO)OC4)c23)cc1)c1cccnc1. The van der Waals surface area contributed by atoms with Crippen LogP contribution in [0.2, 0.25) is 0 Å². The van der Waals surface area contributed by atoms with Crippen molar-refractivity contribution in [2.75, 3.05) is 23.8 Å². The van der Waals surface area contributed by atoms with E-state index in [4.69, 9.17) is 4.74 Å². The maximum atomic E-state index is 13.4. The van der Waals surface area contributed by atoms with Crippen LogP contribution in [0.3, 0.4) is 0 Å². The number of aliphatic hydroxyl groups excluding tert-OH is 1. The molecule has 178 valence electrons. The molecule has 0 radical (unpaired) electrons. The number of carbonyl (C=O) groups is 2. The van der Waals surface area contributed by atoms with Gasteiger partial charge in [-0.15, -0.1) is 0 Å². The molecule has 10 nitrogen and oxygen atoms in total. The normalized spacial score (nSPS) is 17.7. The number of hydrogen-bond donors (Lipinski definition) is 4. The summed E-state index contributed by atoms with van der Waals surface area (Å²) in [6, 6.07) is 10.1. The van der Waals surface area contributed by atoms with E-state index < -0.39 is 0 Å². The Bertz CT molecular complexity index is 1330. The molecule has 10 heteroatoms. The van der Waals surface area contributed by atoms with Crippen LogP contribution in [-0.4, -0.2) is 62.1 Å². The summed E-state index contributed by atoms with van der Waals surface area (Å²) >= 11 is 0. The number of benzene rings is 1. The second-order valence-corrected chi connectivity index (χ2v) is 8.31. The highest BCUT2D eigenvalue weighted by Crippen LogP contribution is 2.28. The van der Waals surface area contributed by atoms with Crippen molar-refractivity contribution in [3.8, 4) is 0 Å². The van der Waals surface area contributed by atoms with Crippen LogP contribution in [0.5, 0.6) is 0 Å². The van der Waals surface area contributed by atoms with Gasteiger partial charge in [-0.05, 0) is 49.2 Å². The van der Waals surface area contributed by atoms with Gasteiger partial charge in [0.05, 0.1) is 41.9 Å². The molecule has 4 heterocycles. The third kappa shape index (κ3) is 4.88. The number of nitrogens with zero attached hydrogens (tertiary/aromatic N) is 3. The molecule has 35 heavy (non-hydrogen) atoms. The van der Waals surface area contributed by atoms with Crippen LogP contribution < -0.4 is 10.6 Å². The molecule has 0 saturated carbocycles. The number of amides is 1. The first-order valence-corrected chi connectivity index (χ1v) is 11.3. The summed E-state index contributed by atoms with van der Waals surface area (Å²) in [6.07, 6.45) is 7.58. The second-order valence-electron chi connectivity index (χ2n) is 8.31. The van der Waals surface area contributed by atoms with Gasteiger partial charge in [0.1, 0.15) is 17.8 Å². The zero-order valence-corrected chi connectivity index (χ0v) is 18.8. The summed E-state index contributed by atoms with van der Waals surface area (Å²) in [6.45, 7) is 0.448. The van der Waals surface area contributed by atoms with E-state index in [0.717, 1.165) is 12.8 Å². The van der Waals surface area contributed by atoms with Crippen molar-refractivity contribution in [1.29, 1.82) is 0 Å². The smallest absolute Gasteiger partial charge is 0.257 e. The Kier molecular flexibility index (Phi) is 6.47. The lowest BCUT2D eigenvalue weighted by Crippen LogP contribution is -2.36. The standard InChI is InChI=1S/C25H24N6O4/c32-12-19-8-7-18(13-35-19)30-24-21-20(11-27-23(21)28-14-29-24)22(33)15-3-5-17(6-4-15)31-25(34)16-2-1-9-26-10-16/h1-6,9-11,14,18-19,32H,7-8,12-13H2,(H,31,34)(H2,27,28,29,30)/t18-,19+/m0/s1. The molecule has 1 saturated heterocycles. The molecule has 1 fully saturated rings. The van der Waals surface area contributed by atoms with E-state index in [1.165, 1.54) is 12.5 Å². The van der Waals surface area contributed by atoms with Crippen molar-refractivity contribution in [2.24, 2.45) is 0 Å². The molecule has 2 atom stereocenters. The van der Waals surface area contributed by atoms with Gasteiger partial charge in [0, 0.05) is 29.8 Å². The van der Waals surface area contributed by atoms with Gasteiger partial charge in [-0.3, -0.25) is 14.6 Å². The fourth-order valence-corrected chi connectivity index (χ4v) is 4.07. The van der Waals surface area contributed by atoms with Crippen LogP contribution >= 0.6 is 0 Å². The molecule has 0 aliphatic carbocycles. The first-order valence-electron chi connectivity index (χ1n) is 11.3. The van der Waals surface area contributed by atoms with Gasteiger partial charge >= 0.3 is 0 Å². The molecule has 1 aliphatic rings. The molecule has 1 aromatic carbocycles. The summed E-state index contributed by atoms with van der Waals surface area (Å²) in [4.78, 5) is 41.3. The Morgan fingerprint density at radius 2 is 1.97 bits per heavy atom. The van der Waals surface area contributed by atoms with E-state index in [0.29, 0.717) is 45.8 Å². The van der Waals surface area contributed by atoms with Crippen LogP contribution in [0.1, 0.15) is 39.1 Å². The number of aromatic amines is 1. The van der Waals surface area contributed by atoms with Crippen LogP contribution in [-0.2, 0) is 4.74 Å². The zero-order chi connectivity index (χ0) is 24.2. The first-order chi connectivity index (χ1) is 17.1. The lowest BCUT2D eigenvalue weighted by molar-refractivity contribution is -0.0224. The fourth-order valence-electron chi connectivity index (χ4n) is 4.07. The Balaban J connectivity index is 1.34. The third-order valence-electron chi connectivity index (χ3n) is 5.96. The molecule has 1 amide bonds. The number of ether oxygens (including phenoxy) is 1. The molecule has 0 spiro atoms. The summed E-state index contributed by atoms with van der Waals surface area (Å²) in [7, 11) is 0. The number of fused-ring (bicyclic) bond motifs is 1. The van der Waals surface area contributed by atoms with Crippen LogP contribution in [0.25, 0.3) is 11.0 Å². The van der Waals surface area contributed by atoms with Gasteiger partial charge in [0.15, 0.2) is 5.78 Å². The minimum Gasteiger partial charge on any atom is -0.394 e. The van der Waals surface area contributed by atoms with Gasteiger partial charge in [-0.2, -0.15) is 0 Å². The Labute approximate surface area is 200 Å². The lowest BCUT2D eigenvalue weighted by atomic mass is 10.0. The molecular weight excluding hydrogens is 448 g/mol. The summed E-state index contributed by atoms with van der Waals surface area (Å²) in [5, 5.41) is 16.0. The molecular formula is C25H24N6O4. The predicted octanol–water partition coefficient (Wildman–Crippen LogP) is 2.79. The van der Waals surface area contributed by atoms with E-state index in [1.54, 1.807) is 48.8 Å². The van der Waals surface area contributed by atoms with E-state index in [1.807, 2.05) is 0 Å². The third-order valence-corrected chi connectivity index (χ3v) is 5.96. The van der Waals surface area contributed by atoms with Gasteiger partial charge in [-0.1, -0.05) is 0 Å². The predicted molar refractivity (Wildman–Crippen MR) is 129 cm³/mol. The number of rotatable bonds is 7. The Morgan fingerprint density at radius 1 is 1.11 bits per heavy atom. The van der Waals surface area contributed by atoms with Crippen LogP contribution in [0, 0.1) is 0 Å². The highest BCUT2D eigenvalue weighted by Gasteiger charge is 2.24. The minimum atomic E-state index is -0.279. The average molecular weight is 473 g/mol. The number of aliphatic hydroxyl groups is 1. The van der Waals surface area contributed by atoms with E-state index in [2.05, 4.69) is 30.6 Å². The molecule has 1 aliphatic heterocycles. The number of ketones is 1. The first kappa shape index (κ1) is 22.6. The number of anilines is 2. The minimum absolute atomic E-state index is 0.00681. The topological polar surface area (TPSA) is 142 Å². The summed E-state index contributed by atoms with van der Waals surface area (Å²) < 4.78 is 5.66. The van der Waals surface area contributed by atoms with Gasteiger partial charge in [0.25, 0.3) is 5.91 Å². The lowest BCUT2D eigenvalue weighted by Gasteiger charge is -2.29.